The smallest absolute Gasteiger partial charge is 0.355 e. The highest BCUT2D eigenvalue weighted by atomic mass is 32.1. The summed E-state index contributed by atoms with van der Waals surface area (Å²) in [7, 11) is 1.69. The van der Waals surface area contributed by atoms with Crippen LogP contribution < -0.4 is 5.32 Å². The van der Waals surface area contributed by atoms with Gasteiger partial charge in [0.1, 0.15) is 5.01 Å². The van der Waals surface area contributed by atoms with E-state index in [1.807, 2.05) is 6.92 Å². The molecule has 126 valence electrons. The van der Waals surface area contributed by atoms with Crippen LogP contribution in [-0.4, -0.2) is 46.4 Å². The zero-order chi connectivity index (χ0) is 17.7. The first kappa shape index (κ1) is 17.6. The van der Waals surface area contributed by atoms with E-state index in [9.17, 15) is 14.4 Å². The van der Waals surface area contributed by atoms with Gasteiger partial charge in [-0.05, 0) is 25.1 Å². The number of carboxylic acid groups (broad SMARTS) is 1. The molecule has 1 aromatic heterocycles. The minimum Gasteiger partial charge on any atom is -0.476 e. The Morgan fingerprint density at radius 2 is 2.00 bits per heavy atom. The molecule has 2 rings (SSSR count). The largest absolute Gasteiger partial charge is 0.476 e. The third kappa shape index (κ3) is 4.17. The summed E-state index contributed by atoms with van der Waals surface area (Å²) in [5.74, 6) is -1.61. The lowest BCUT2D eigenvalue weighted by Gasteiger charge is -2.14. The molecule has 24 heavy (non-hydrogen) atoms. The average Bonchev–Trinajstić information content (AvgIpc) is 3.07. The van der Waals surface area contributed by atoms with Crippen LogP contribution in [0.15, 0.2) is 29.6 Å². The van der Waals surface area contributed by atoms with E-state index >= 15 is 0 Å². The van der Waals surface area contributed by atoms with E-state index in [2.05, 4.69) is 10.3 Å². The van der Waals surface area contributed by atoms with Gasteiger partial charge in [0.25, 0.3) is 11.8 Å². The van der Waals surface area contributed by atoms with Crippen molar-refractivity contribution in [3.8, 4) is 0 Å². The lowest BCUT2D eigenvalue weighted by atomic mass is 10.1. The number of carbonyl (C=O) groups is 3. The maximum atomic E-state index is 12.2. The summed E-state index contributed by atoms with van der Waals surface area (Å²) in [4.78, 5) is 40.6. The molecule has 1 heterocycles. The van der Waals surface area contributed by atoms with Gasteiger partial charge in [0.2, 0.25) is 0 Å². The zero-order valence-electron chi connectivity index (χ0n) is 13.3. The van der Waals surface area contributed by atoms with Crippen molar-refractivity contribution >= 4 is 29.1 Å². The number of carbonyl (C=O) groups excluding carboxylic acids is 2. The van der Waals surface area contributed by atoms with Crippen LogP contribution >= 0.6 is 11.3 Å². The number of carboxylic acids is 1. The van der Waals surface area contributed by atoms with Crippen LogP contribution in [0.4, 0.5) is 0 Å². The van der Waals surface area contributed by atoms with Gasteiger partial charge in [-0.3, -0.25) is 9.59 Å². The highest BCUT2D eigenvalue weighted by Crippen LogP contribution is 2.11. The number of aromatic carboxylic acids is 1. The molecular weight excluding hydrogens is 330 g/mol. The number of thiazole rings is 1. The van der Waals surface area contributed by atoms with Crippen molar-refractivity contribution in [3.63, 3.8) is 0 Å². The van der Waals surface area contributed by atoms with Gasteiger partial charge < -0.3 is 15.3 Å². The third-order valence-corrected chi connectivity index (χ3v) is 4.21. The lowest BCUT2D eigenvalue weighted by Crippen LogP contribution is -2.27. The van der Waals surface area contributed by atoms with Gasteiger partial charge in [-0.1, -0.05) is 6.07 Å². The Labute approximate surface area is 142 Å². The summed E-state index contributed by atoms with van der Waals surface area (Å²) in [6.07, 6.45) is 0. The molecule has 2 amide bonds. The van der Waals surface area contributed by atoms with Crippen LogP contribution in [0, 0.1) is 0 Å². The van der Waals surface area contributed by atoms with Crippen molar-refractivity contribution in [2.75, 3.05) is 13.6 Å². The van der Waals surface area contributed by atoms with Crippen molar-refractivity contribution in [3.05, 3.63) is 51.5 Å². The second-order valence-corrected chi connectivity index (χ2v) is 5.96. The van der Waals surface area contributed by atoms with Gasteiger partial charge in [-0.25, -0.2) is 9.78 Å². The Kier molecular flexibility index (Phi) is 5.64. The molecule has 0 saturated heterocycles. The van der Waals surface area contributed by atoms with Gasteiger partial charge in [-0.15, -0.1) is 11.3 Å². The van der Waals surface area contributed by atoms with Crippen LogP contribution in [0.25, 0.3) is 0 Å². The second kappa shape index (κ2) is 7.69. The maximum absolute atomic E-state index is 12.2. The molecule has 0 fully saturated rings. The third-order valence-electron chi connectivity index (χ3n) is 3.36. The van der Waals surface area contributed by atoms with Crippen LogP contribution in [0.2, 0.25) is 0 Å². The van der Waals surface area contributed by atoms with E-state index in [-0.39, 0.29) is 24.1 Å². The number of rotatable bonds is 6. The number of nitrogens with one attached hydrogen (secondary N) is 1. The van der Waals surface area contributed by atoms with E-state index in [1.165, 1.54) is 11.4 Å². The van der Waals surface area contributed by atoms with Crippen molar-refractivity contribution < 1.29 is 19.5 Å². The minimum atomic E-state index is -1.10. The van der Waals surface area contributed by atoms with Gasteiger partial charge in [0, 0.05) is 30.1 Å². The fourth-order valence-corrected chi connectivity index (χ4v) is 2.61. The highest BCUT2D eigenvalue weighted by Gasteiger charge is 2.14. The SMILES string of the molecule is CCN(C)C(=O)c1cccc(C(=O)NCc2nc(C(=O)O)cs2)c1. The molecule has 0 unspecified atom stereocenters. The fourth-order valence-electron chi connectivity index (χ4n) is 1.91. The second-order valence-electron chi connectivity index (χ2n) is 5.01. The topological polar surface area (TPSA) is 99.6 Å². The molecule has 0 aliphatic heterocycles. The summed E-state index contributed by atoms with van der Waals surface area (Å²) >= 11 is 1.16. The summed E-state index contributed by atoms with van der Waals surface area (Å²) in [5, 5.41) is 13.4. The zero-order valence-corrected chi connectivity index (χ0v) is 14.1. The van der Waals surface area contributed by atoms with Crippen LogP contribution in [0.5, 0.6) is 0 Å². The molecule has 0 radical (unpaired) electrons. The Bertz CT molecular complexity index is 772. The molecule has 0 spiro atoms. The maximum Gasteiger partial charge on any atom is 0.355 e. The average molecular weight is 347 g/mol. The molecular formula is C16H17N3O4S. The highest BCUT2D eigenvalue weighted by molar-refractivity contribution is 7.09. The Morgan fingerprint density at radius 1 is 1.29 bits per heavy atom. The summed E-state index contributed by atoms with van der Waals surface area (Å²) in [6, 6.07) is 6.46. The predicted molar refractivity (Wildman–Crippen MR) is 89.3 cm³/mol. The number of amides is 2. The molecule has 0 aliphatic rings. The number of benzene rings is 1. The van der Waals surface area contributed by atoms with Gasteiger partial charge in [0.05, 0.1) is 6.54 Å². The summed E-state index contributed by atoms with van der Waals surface area (Å²) in [5.41, 5.74) is 0.759. The molecule has 0 atom stereocenters. The molecule has 0 aliphatic carbocycles. The first-order chi connectivity index (χ1) is 11.4. The van der Waals surface area contributed by atoms with E-state index in [0.717, 1.165) is 11.3 Å². The Hall–Kier alpha value is -2.74. The van der Waals surface area contributed by atoms with Crippen LogP contribution in [0.3, 0.4) is 0 Å². The van der Waals surface area contributed by atoms with E-state index in [0.29, 0.717) is 22.7 Å². The number of aromatic nitrogens is 1. The van der Waals surface area contributed by atoms with Crippen LogP contribution in [-0.2, 0) is 6.54 Å². The van der Waals surface area contributed by atoms with Crippen molar-refractivity contribution in [1.29, 1.82) is 0 Å². The van der Waals surface area contributed by atoms with E-state index in [1.54, 1.807) is 30.1 Å². The molecule has 0 saturated carbocycles. The Morgan fingerprint density at radius 3 is 2.62 bits per heavy atom. The molecule has 8 heteroatoms. The quantitative estimate of drug-likeness (QED) is 0.831. The lowest BCUT2D eigenvalue weighted by molar-refractivity contribution is 0.0690. The van der Waals surface area contributed by atoms with Crippen molar-refractivity contribution in [2.45, 2.75) is 13.5 Å². The minimum absolute atomic E-state index is 0.0422. The predicted octanol–water partition coefficient (Wildman–Crippen LogP) is 1.86. The monoisotopic (exact) mass is 347 g/mol. The van der Waals surface area contributed by atoms with Crippen molar-refractivity contribution in [2.24, 2.45) is 0 Å². The standard InChI is InChI=1S/C16H17N3O4S/c1-3-19(2)15(21)11-6-4-5-10(7-11)14(20)17-8-13-18-12(9-24-13)16(22)23/h4-7,9H,3,8H2,1-2H3,(H,17,20)(H,22,23). The summed E-state index contributed by atoms with van der Waals surface area (Å²) in [6.45, 7) is 2.57. The molecule has 0 bridgehead atoms. The summed E-state index contributed by atoms with van der Waals surface area (Å²) < 4.78 is 0. The van der Waals surface area contributed by atoms with E-state index < -0.39 is 5.97 Å². The number of hydrogen-bond donors (Lipinski definition) is 2. The fraction of sp³-hybridized carbons (Fsp3) is 0.250. The molecule has 1 aromatic carbocycles. The first-order valence-electron chi connectivity index (χ1n) is 7.23. The number of nitrogens with zero attached hydrogens (tertiary/aromatic N) is 2. The Balaban J connectivity index is 2.04. The molecule has 2 aromatic rings. The van der Waals surface area contributed by atoms with Crippen molar-refractivity contribution in [1.82, 2.24) is 15.2 Å². The molecule has 7 nitrogen and oxygen atoms in total. The van der Waals surface area contributed by atoms with Gasteiger partial charge in [0.15, 0.2) is 5.69 Å². The van der Waals surface area contributed by atoms with Gasteiger partial charge >= 0.3 is 5.97 Å². The van der Waals surface area contributed by atoms with Gasteiger partial charge in [-0.2, -0.15) is 0 Å². The first-order valence-corrected chi connectivity index (χ1v) is 8.11. The normalized spacial score (nSPS) is 10.2. The number of hydrogen-bond acceptors (Lipinski definition) is 5. The van der Waals surface area contributed by atoms with Crippen LogP contribution in [0.1, 0.15) is 43.1 Å². The molecule has 2 N–H and O–H groups in total. The van der Waals surface area contributed by atoms with E-state index in [4.69, 9.17) is 5.11 Å².